The summed E-state index contributed by atoms with van der Waals surface area (Å²) in [5.41, 5.74) is -0.351. The number of esters is 1. The molecule has 5 nitrogen and oxygen atoms in total. The van der Waals surface area contributed by atoms with Crippen molar-refractivity contribution in [2.45, 2.75) is 65.0 Å². The molecule has 0 spiro atoms. The lowest BCUT2D eigenvalue weighted by Crippen LogP contribution is -2.44. The van der Waals surface area contributed by atoms with E-state index in [9.17, 15) is 9.59 Å². The molecule has 1 saturated carbocycles. The van der Waals surface area contributed by atoms with Gasteiger partial charge >= 0.3 is 5.97 Å². The van der Waals surface area contributed by atoms with Crippen LogP contribution in [0.1, 0.15) is 58.4 Å². The van der Waals surface area contributed by atoms with Crippen molar-refractivity contribution in [3.8, 4) is 5.75 Å². The zero-order chi connectivity index (χ0) is 19.4. The molecule has 0 bridgehead atoms. The van der Waals surface area contributed by atoms with Gasteiger partial charge in [0.1, 0.15) is 12.4 Å². The van der Waals surface area contributed by atoms with Gasteiger partial charge in [0.15, 0.2) is 0 Å². The van der Waals surface area contributed by atoms with E-state index in [4.69, 9.17) is 21.1 Å². The van der Waals surface area contributed by atoms with E-state index >= 15 is 0 Å². The van der Waals surface area contributed by atoms with E-state index in [1.165, 1.54) is 0 Å². The van der Waals surface area contributed by atoms with Gasteiger partial charge in [-0.15, -0.1) is 0 Å². The Bertz CT molecular complexity index is 660. The standard InChI is InChI=1S/C20H28ClNO4/c1-19(2,3)22-17(23)12-20(9-5-6-10-20)18(24)26-13-14-11-15(21)7-8-16(14)25-4/h7-8,11H,5-6,9-10,12-13H2,1-4H3,(H,22,23). The van der Waals surface area contributed by atoms with Crippen molar-refractivity contribution in [1.82, 2.24) is 5.32 Å². The summed E-state index contributed by atoms with van der Waals surface area (Å²) >= 11 is 6.02. The summed E-state index contributed by atoms with van der Waals surface area (Å²) in [6.07, 6.45) is 3.37. The Morgan fingerprint density at radius 1 is 1.23 bits per heavy atom. The second-order valence-corrected chi connectivity index (χ2v) is 8.43. The number of methoxy groups -OCH3 is 1. The molecule has 6 heteroatoms. The van der Waals surface area contributed by atoms with E-state index in [-0.39, 0.29) is 30.4 Å². The maximum Gasteiger partial charge on any atom is 0.312 e. The summed E-state index contributed by atoms with van der Waals surface area (Å²) in [7, 11) is 1.56. The van der Waals surface area contributed by atoms with Crippen LogP contribution < -0.4 is 10.1 Å². The molecule has 2 rings (SSSR count). The summed E-state index contributed by atoms with van der Waals surface area (Å²) in [6.45, 7) is 5.85. The SMILES string of the molecule is COc1ccc(Cl)cc1COC(=O)C1(CC(=O)NC(C)(C)C)CCCC1. The predicted octanol–water partition coefficient (Wildman–Crippen LogP) is 4.26. The lowest BCUT2D eigenvalue weighted by Gasteiger charge is -2.28. The second-order valence-electron chi connectivity index (χ2n) is 7.99. The normalized spacial score (nSPS) is 16.2. The Morgan fingerprint density at radius 2 is 1.88 bits per heavy atom. The minimum atomic E-state index is -0.735. The number of benzene rings is 1. The summed E-state index contributed by atoms with van der Waals surface area (Å²) in [5.74, 6) is 0.186. The van der Waals surface area contributed by atoms with Crippen LogP contribution in [0.3, 0.4) is 0 Å². The molecule has 0 aliphatic heterocycles. The first-order chi connectivity index (χ1) is 12.1. The summed E-state index contributed by atoms with van der Waals surface area (Å²) < 4.78 is 10.9. The molecule has 0 aromatic heterocycles. The van der Waals surface area contributed by atoms with Crippen molar-refractivity contribution in [2.24, 2.45) is 5.41 Å². The van der Waals surface area contributed by atoms with Crippen LogP contribution in [0, 0.1) is 5.41 Å². The highest BCUT2D eigenvalue weighted by Gasteiger charge is 2.44. The molecule has 0 heterocycles. The average molecular weight is 382 g/mol. The number of halogens is 1. The van der Waals surface area contributed by atoms with Crippen LogP contribution in [-0.2, 0) is 20.9 Å². The van der Waals surface area contributed by atoms with Gasteiger partial charge in [-0.1, -0.05) is 24.4 Å². The third-order valence-electron chi connectivity index (χ3n) is 4.61. The molecule has 0 saturated heterocycles. The van der Waals surface area contributed by atoms with E-state index < -0.39 is 5.41 Å². The van der Waals surface area contributed by atoms with Gasteiger partial charge in [-0.25, -0.2) is 0 Å². The summed E-state index contributed by atoms with van der Waals surface area (Å²) in [4.78, 5) is 25.2. The predicted molar refractivity (Wildman–Crippen MR) is 101 cm³/mol. The number of hydrogen-bond donors (Lipinski definition) is 1. The van der Waals surface area contributed by atoms with Crippen molar-refractivity contribution in [3.63, 3.8) is 0 Å². The average Bonchev–Trinajstić information content (AvgIpc) is 3.00. The number of hydrogen-bond acceptors (Lipinski definition) is 4. The fourth-order valence-electron chi connectivity index (χ4n) is 3.43. The van der Waals surface area contributed by atoms with Crippen molar-refractivity contribution < 1.29 is 19.1 Å². The zero-order valence-electron chi connectivity index (χ0n) is 16.0. The van der Waals surface area contributed by atoms with Gasteiger partial charge in [0.25, 0.3) is 0 Å². The Labute approximate surface area is 160 Å². The van der Waals surface area contributed by atoms with Gasteiger partial charge in [-0.2, -0.15) is 0 Å². The quantitative estimate of drug-likeness (QED) is 0.748. The van der Waals surface area contributed by atoms with Crippen LogP contribution in [0.2, 0.25) is 5.02 Å². The number of rotatable bonds is 6. The smallest absolute Gasteiger partial charge is 0.312 e. The highest BCUT2D eigenvalue weighted by atomic mass is 35.5. The Hall–Kier alpha value is -1.75. The van der Waals surface area contributed by atoms with Gasteiger partial charge in [0, 0.05) is 22.5 Å². The maximum absolute atomic E-state index is 12.9. The van der Waals surface area contributed by atoms with Crippen molar-refractivity contribution in [2.75, 3.05) is 7.11 Å². The van der Waals surface area contributed by atoms with E-state index in [1.54, 1.807) is 25.3 Å². The monoisotopic (exact) mass is 381 g/mol. The number of amides is 1. The number of nitrogens with one attached hydrogen (secondary N) is 1. The van der Waals surface area contributed by atoms with Gasteiger partial charge in [0.05, 0.1) is 12.5 Å². The van der Waals surface area contributed by atoms with E-state index in [1.807, 2.05) is 20.8 Å². The molecule has 1 aliphatic rings. The van der Waals surface area contributed by atoms with Crippen LogP contribution >= 0.6 is 11.6 Å². The molecular weight excluding hydrogens is 354 g/mol. The van der Waals surface area contributed by atoms with E-state index in [0.29, 0.717) is 29.2 Å². The lowest BCUT2D eigenvalue weighted by molar-refractivity contribution is -0.159. The molecule has 0 unspecified atom stereocenters. The molecule has 0 atom stereocenters. The van der Waals surface area contributed by atoms with Crippen LogP contribution in [0.5, 0.6) is 5.75 Å². The molecule has 1 amide bonds. The lowest BCUT2D eigenvalue weighted by atomic mass is 9.82. The minimum absolute atomic E-state index is 0.0746. The van der Waals surface area contributed by atoms with Crippen LogP contribution in [-0.4, -0.2) is 24.5 Å². The molecule has 0 radical (unpaired) electrons. The topological polar surface area (TPSA) is 64.6 Å². The highest BCUT2D eigenvalue weighted by molar-refractivity contribution is 6.30. The molecule has 1 aromatic rings. The van der Waals surface area contributed by atoms with Gasteiger partial charge in [-0.3, -0.25) is 9.59 Å². The van der Waals surface area contributed by atoms with E-state index in [0.717, 1.165) is 12.8 Å². The fraction of sp³-hybridized carbons (Fsp3) is 0.600. The van der Waals surface area contributed by atoms with Gasteiger partial charge in [-0.05, 0) is 51.8 Å². The third-order valence-corrected chi connectivity index (χ3v) is 4.84. The summed E-state index contributed by atoms with van der Waals surface area (Å²) in [5, 5.41) is 3.49. The molecule has 1 aliphatic carbocycles. The van der Waals surface area contributed by atoms with Gasteiger partial charge < -0.3 is 14.8 Å². The second kappa shape index (κ2) is 8.30. The van der Waals surface area contributed by atoms with Crippen molar-refractivity contribution in [3.05, 3.63) is 28.8 Å². The Balaban J connectivity index is 2.07. The van der Waals surface area contributed by atoms with Crippen LogP contribution in [0.15, 0.2) is 18.2 Å². The van der Waals surface area contributed by atoms with Gasteiger partial charge in [0.2, 0.25) is 5.91 Å². The van der Waals surface area contributed by atoms with E-state index in [2.05, 4.69) is 5.32 Å². The third kappa shape index (κ3) is 5.37. The molecular formula is C20H28ClNO4. The molecule has 1 N–H and O–H groups in total. The number of ether oxygens (including phenoxy) is 2. The van der Waals surface area contributed by atoms with Crippen LogP contribution in [0.4, 0.5) is 0 Å². The first-order valence-electron chi connectivity index (χ1n) is 8.96. The summed E-state index contributed by atoms with van der Waals surface area (Å²) in [6, 6.07) is 5.19. The highest BCUT2D eigenvalue weighted by Crippen LogP contribution is 2.42. The largest absolute Gasteiger partial charge is 0.496 e. The Kier molecular flexibility index (Phi) is 6.56. The fourth-order valence-corrected chi connectivity index (χ4v) is 3.63. The molecule has 26 heavy (non-hydrogen) atoms. The van der Waals surface area contributed by atoms with Crippen molar-refractivity contribution in [1.29, 1.82) is 0 Å². The van der Waals surface area contributed by atoms with Crippen molar-refractivity contribution >= 4 is 23.5 Å². The number of carbonyl (C=O) groups is 2. The first kappa shape index (κ1) is 20.6. The Morgan fingerprint density at radius 3 is 2.46 bits per heavy atom. The number of carbonyl (C=O) groups excluding carboxylic acids is 2. The van der Waals surface area contributed by atoms with Crippen LogP contribution in [0.25, 0.3) is 0 Å². The molecule has 144 valence electrons. The maximum atomic E-state index is 12.9. The first-order valence-corrected chi connectivity index (χ1v) is 9.34. The minimum Gasteiger partial charge on any atom is -0.496 e. The zero-order valence-corrected chi connectivity index (χ0v) is 16.7. The molecule has 1 aromatic carbocycles. The molecule has 1 fully saturated rings.